The van der Waals surface area contributed by atoms with Gasteiger partial charge in [0, 0.05) is 16.6 Å². The summed E-state index contributed by atoms with van der Waals surface area (Å²) in [5, 5.41) is 14.1. The summed E-state index contributed by atoms with van der Waals surface area (Å²) in [7, 11) is -0.950. The van der Waals surface area contributed by atoms with Crippen molar-refractivity contribution >= 4 is 31.6 Å². The largest absolute Gasteiger partial charge is 0.489 e. The maximum Gasteiger partial charge on any atom is 0.316 e. The normalized spacial score (nSPS) is 11.5. The van der Waals surface area contributed by atoms with Crippen LogP contribution in [0.25, 0.3) is 0 Å². The Morgan fingerprint density at radius 2 is 2.05 bits per heavy atom. The first-order chi connectivity index (χ1) is 10.3. The van der Waals surface area contributed by atoms with E-state index in [0.717, 1.165) is 0 Å². The lowest BCUT2D eigenvalue weighted by atomic mass is 10.2. The van der Waals surface area contributed by atoms with Crippen LogP contribution in [0.15, 0.2) is 15.4 Å². The number of methoxy groups -OCH3 is 1. The van der Waals surface area contributed by atoms with Crippen molar-refractivity contribution in [2.24, 2.45) is 0 Å². The van der Waals surface area contributed by atoms with E-state index in [-0.39, 0.29) is 22.9 Å². The van der Waals surface area contributed by atoms with Crippen molar-refractivity contribution in [1.82, 2.24) is 10.0 Å². The minimum absolute atomic E-state index is 0.214. The molecule has 0 aliphatic heterocycles. The predicted octanol–water partition coefficient (Wildman–Crippen LogP) is 1.56. The topological polar surface area (TPSA) is 111 Å². The van der Waals surface area contributed by atoms with Gasteiger partial charge in [0.15, 0.2) is 0 Å². The van der Waals surface area contributed by atoms with Crippen LogP contribution in [0.2, 0.25) is 0 Å². The van der Waals surface area contributed by atoms with Crippen LogP contribution >= 0.6 is 15.9 Å². The van der Waals surface area contributed by atoms with Gasteiger partial charge in [0.25, 0.3) is 0 Å². The van der Waals surface area contributed by atoms with Gasteiger partial charge >= 0.3 is 5.69 Å². The molecule has 0 saturated carbocycles. The van der Waals surface area contributed by atoms with Crippen LogP contribution in [0.5, 0.6) is 5.75 Å². The molecule has 0 heterocycles. The standard InChI is InChI=1S/C12H18BrN3O5S/c1-8-9(13)7-10(12(21-3)11(8)16(17)18)22(19,20)15-6-4-5-14-2/h7,14-15H,4-6H2,1-3H3. The lowest BCUT2D eigenvalue weighted by Gasteiger charge is -2.13. The number of nitro groups is 1. The van der Waals surface area contributed by atoms with Gasteiger partial charge in [0.05, 0.1) is 12.0 Å². The molecule has 1 aromatic carbocycles. The first kappa shape index (κ1) is 18.8. The van der Waals surface area contributed by atoms with E-state index in [9.17, 15) is 18.5 Å². The fourth-order valence-corrected chi connectivity index (χ4v) is 3.69. The number of rotatable bonds is 8. The molecule has 0 unspecified atom stereocenters. The zero-order chi connectivity index (χ0) is 16.9. The van der Waals surface area contributed by atoms with E-state index in [1.165, 1.54) is 20.1 Å². The number of hydrogen-bond donors (Lipinski definition) is 2. The molecule has 22 heavy (non-hydrogen) atoms. The summed E-state index contributed by atoms with van der Waals surface area (Å²) in [5.41, 5.74) is -0.0662. The third-order valence-corrected chi connectivity index (χ3v) is 5.27. The molecule has 0 amide bonds. The number of nitrogens with one attached hydrogen (secondary N) is 2. The third-order valence-electron chi connectivity index (χ3n) is 2.98. The van der Waals surface area contributed by atoms with Gasteiger partial charge in [-0.1, -0.05) is 15.9 Å². The van der Waals surface area contributed by atoms with Crippen molar-refractivity contribution in [3.63, 3.8) is 0 Å². The summed E-state index contributed by atoms with van der Waals surface area (Å²) in [5.74, 6) is -0.271. The lowest BCUT2D eigenvalue weighted by molar-refractivity contribution is -0.386. The molecule has 0 spiro atoms. The van der Waals surface area contributed by atoms with E-state index in [4.69, 9.17) is 4.74 Å². The number of halogens is 1. The van der Waals surface area contributed by atoms with Crippen LogP contribution in [0.3, 0.4) is 0 Å². The van der Waals surface area contributed by atoms with E-state index in [2.05, 4.69) is 26.0 Å². The monoisotopic (exact) mass is 395 g/mol. The molecule has 0 atom stereocenters. The van der Waals surface area contributed by atoms with Crippen molar-refractivity contribution < 1.29 is 18.1 Å². The number of benzene rings is 1. The molecular weight excluding hydrogens is 378 g/mol. The molecule has 0 bridgehead atoms. The molecule has 1 rings (SSSR count). The Balaban J connectivity index is 3.32. The van der Waals surface area contributed by atoms with Gasteiger partial charge in [0.2, 0.25) is 15.8 Å². The van der Waals surface area contributed by atoms with Crippen LogP contribution in [-0.2, 0) is 10.0 Å². The molecule has 0 fully saturated rings. The fourth-order valence-electron chi connectivity index (χ4n) is 1.86. The van der Waals surface area contributed by atoms with Crippen LogP contribution in [-0.4, -0.2) is 40.6 Å². The van der Waals surface area contributed by atoms with Gasteiger partial charge in [-0.15, -0.1) is 0 Å². The summed E-state index contributed by atoms with van der Waals surface area (Å²) in [6.07, 6.45) is 0.590. The Labute approximate surface area is 137 Å². The van der Waals surface area contributed by atoms with Gasteiger partial charge < -0.3 is 10.1 Å². The van der Waals surface area contributed by atoms with Gasteiger partial charge in [-0.2, -0.15) is 0 Å². The van der Waals surface area contributed by atoms with Crippen LogP contribution in [0, 0.1) is 17.0 Å². The highest BCUT2D eigenvalue weighted by Crippen LogP contribution is 2.40. The van der Waals surface area contributed by atoms with Crippen molar-refractivity contribution in [3.8, 4) is 5.75 Å². The second-order valence-electron chi connectivity index (χ2n) is 4.48. The molecular formula is C12H18BrN3O5S. The van der Waals surface area contributed by atoms with E-state index in [1.54, 1.807) is 7.05 Å². The molecule has 2 N–H and O–H groups in total. The minimum Gasteiger partial charge on any atom is -0.489 e. The van der Waals surface area contributed by atoms with Crippen LogP contribution in [0.4, 0.5) is 5.69 Å². The second-order valence-corrected chi connectivity index (χ2v) is 7.07. The molecule has 1 aromatic rings. The highest BCUT2D eigenvalue weighted by Gasteiger charge is 2.30. The van der Waals surface area contributed by atoms with E-state index < -0.39 is 14.9 Å². The Morgan fingerprint density at radius 1 is 1.41 bits per heavy atom. The average Bonchev–Trinajstić information content (AvgIpc) is 2.45. The van der Waals surface area contributed by atoms with Crippen LogP contribution < -0.4 is 14.8 Å². The first-order valence-corrected chi connectivity index (χ1v) is 8.69. The number of nitro benzene ring substituents is 1. The molecule has 0 aliphatic rings. The van der Waals surface area contributed by atoms with E-state index >= 15 is 0 Å². The highest BCUT2D eigenvalue weighted by molar-refractivity contribution is 9.10. The first-order valence-electron chi connectivity index (χ1n) is 6.42. The summed E-state index contributed by atoms with van der Waals surface area (Å²) < 4.78 is 32.4. The second kappa shape index (κ2) is 7.86. The van der Waals surface area contributed by atoms with Gasteiger partial charge in [-0.05, 0) is 33.0 Å². The molecule has 0 saturated heterocycles. The zero-order valence-electron chi connectivity index (χ0n) is 12.5. The summed E-state index contributed by atoms with van der Waals surface area (Å²) in [4.78, 5) is 10.3. The van der Waals surface area contributed by atoms with E-state index in [0.29, 0.717) is 23.0 Å². The maximum absolute atomic E-state index is 12.4. The summed E-state index contributed by atoms with van der Waals surface area (Å²) in [6.45, 7) is 2.38. The summed E-state index contributed by atoms with van der Waals surface area (Å²) in [6, 6.07) is 1.31. The average molecular weight is 396 g/mol. The number of sulfonamides is 1. The highest BCUT2D eigenvalue weighted by atomic mass is 79.9. The minimum atomic E-state index is -3.92. The zero-order valence-corrected chi connectivity index (χ0v) is 14.9. The van der Waals surface area contributed by atoms with Crippen LogP contribution in [0.1, 0.15) is 12.0 Å². The quantitative estimate of drug-likeness (QED) is 0.392. The van der Waals surface area contributed by atoms with Gasteiger partial charge in [0.1, 0.15) is 4.90 Å². The molecule has 0 aromatic heterocycles. The molecule has 10 heteroatoms. The Morgan fingerprint density at radius 3 is 2.55 bits per heavy atom. The lowest BCUT2D eigenvalue weighted by Crippen LogP contribution is -2.27. The number of nitrogens with zero attached hydrogens (tertiary/aromatic N) is 1. The SMILES string of the molecule is CNCCCNS(=O)(=O)c1cc(Br)c(C)c([N+](=O)[O-])c1OC. The molecule has 0 aliphatic carbocycles. The van der Waals surface area contributed by atoms with Crippen molar-refractivity contribution in [2.75, 3.05) is 27.2 Å². The predicted molar refractivity (Wildman–Crippen MR) is 85.8 cm³/mol. The maximum atomic E-state index is 12.4. The van der Waals surface area contributed by atoms with Gasteiger partial charge in [-0.3, -0.25) is 10.1 Å². The van der Waals surface area contributed by atoms with Crippen molar-refractivity contribution in [2.45, 2.75) is 18.2 Å². The number of hydrogen-bond acceptors (Lipinski definition) is 6. The summed E-state index contributed by atoms with van der Waals surface area (Å²) >= 11 is 3.15. The van der Waals surface area contributed by atoms with E-state index in [1.807, 2.05) is 0 Å². The molecule has 124 valence electrons. The Bertz CT molecular complexity index is 663. The fraction of sp³-hybridized carbons (Fsp3) is 0.500. The van der Waals surface area contributed by atoms with Crippen molar-refractivity contribution in [3.05, 3.63) is 26.2 Å². The van der Waals surface area contributed by atoms with Gasteiger partial charge in [-0.25, -0.2) is 13.1 Å². The number of ether oxygens (including phenoxy) is 1. The third kappa shape index (κ3) is 4.15. The molecule has 0 radical (unpaired) electrons. The smallest absolute Gasteiger partial charge is 0.316 e. The molecule has 8 nitrogen and oxygen atoms in total. The van der Waals surface area contributed by atoms with Crippen molar-refractivity contribution in [1.29, 1.82) is 0 Å². The Kier molecular flexibility index (Phi) is 6.72. The Hall–Kier alpha value is -1.23.